The number of aromatic nitrogens is 3. The summed E-state index contributed by atoms with van der Waals surface area (Å²) in [5.41, 5.74) is 7.33. The van der Waals surface area contributed by atoms with Crippen LogP contribution in [0.5, 0.6) is 0 Å². The van der Waals surface area contributed by atoms with E-state index in [0.717, 1.165) is 11.3 Å². The number of carbonyl (C=O) groups excluding carboxylic acids is 1. The number of ether oxygens (including phenoxy) is 1. The van der Waals surface area contributed by atoms with E-state index in [2.05, 4.69) is 9.97 Å². The highest BCUT2D eigenvalue weighted by atomic mass is 16.5. The van der Waals surface area contributed by atoms with Crippen LogP contribution in [-0.2, 0) is 9.53 Å². The smallest absolute Gasteiger partial charge is 0.328 e. The first-order valence-electron chi connectivity index (χ1n) is 6.03. The summed E-state index contributed by atoms with van der Waals surface area (Å²) in [5.74, 6) is 0.137. The van der Waals surface area contributed by atoms with Crippen LogP contribution in [0.15, 0.2) is 30.9 Å². The molecule has 0 bridgehead atoms. The highest BCUT2D eigenvalue weighted by Crippen LogP contribution is 2.23. The van der Waals surface area contributed by atoms with Crippen molar-refractivity contribution in [2.24, 2.45) is 0 Å². The number of carbonyl (C=O) groups is 1. The molecule has 0 radical (unpaired) electrons. The van der Waals surface area contributed by atoms with Crippen LogP contribution >= 0.6 is 0 Å². The second kappa shape index (κ2) is 5.51. The summed E-state index contributed by atoms with van der Waals surface area (Å²) in [4.78, 5) is 19.8. The summed E-state index contributed by atoms with van der Waals surface area (Å²) >= 11 is 0. The molecule has 19 heavy (non-hydrogen) atoms. The molecule has 1 atom stereocenters. The predicted octanol–water partition coefficient (Wildman–Crippen LogP) is 1.65. The fraction of sp³-hybridized carbons (Fsp3) is 0.308. The van der Waals surface area contributed by atoms with Crippen LogP contribution in [0.4, 0.5) is 5.82 Å². The average Bonchev–Trinajstić information content (AvgIpc) is 2.87. The molecule has 0 spiro atoms. The summed E-state index contributed by atoms with van der Waals surface area (Å²) in [6, 6.07) is 3.12. The van der Waals surface area contributed by atoms with Crippen molar-refractivity contribution in [1.82, 2.24) is 14.5 Å². The van der Waals surface area contributed by atoms with Crippen molar-refractivity contribution in [2.45, 2.75) is 19.9 Å². The monoisotopic (exact) mass is 260 g/mol. The number of nitrogen functional groups attached to an aromatic ring is 1. The lowest BCUT2D eigenvalue weighted by Crippen LogP contribution is -2.19. The van der Waals surface area contributed by atoms with Crippen LogP contribution in [0, 0.1) is 0 Å². The van der Waals surface area contributed by atoms with Gasteiger partial charge < -0.3 is 15.0 Å². The van der Waals surface area contributed by atoms with Gasteiger partial charge in [-0.05, 0) is 26.0 Å². The summed E-state index contributed by atoms with van der Waals surface area (Å²) in [6.07, 6.45) is 4.91. The Bertz CT molecular complexity index is 580. The van der Waals surface area contributed by atoms with Gasteiger partial charge in [-0.2, -0.15) is 0 Å². The molecule has 2 heterocycles. The Morgan fingerprint density at radius 1 is 1.58 bits per heavy atom. The highest BCUT2D eigenvalue weighted by Gasteiger charge is 2.19. The lowest BCUT2D eigenvalue weighted by atomic mass is 10.2. The number of hydrogen-bond acceptors (Lipinski definition) is 5. The van der Waals surface area contributed by atoms with Gasteiger partial charge in [0.15, 0.2) is 0 Å². The molecule has 0 aliphatic carbocycles. The zero-order chi connectivity index (χ0) is 13.8. The van der Waals surface area contributed by atoms with E-state index >= 15 is 0 Å². The number of nitrogens with zero attached hydrogens (tertiary/aromatic N) is 3. The van der Waals surface area contributed by atoms with Gasteiger partial charge in [0.05, 0.1) is 24.8 Å². The van der Waals surface area contributed by atoms with Gasteiger partial charge in [-0.3, -0.25) is 0 Å². The highest BCUT2D eigenvalue weighted by molar-refractivity contribution is 5.75. The molecule has 0 saturated carbocycles. The SMILES string of the molecule is CCOC(=O)C(C)n1cncc1-c1ccnc(N)c1. The van der Waals surface area contributed by atoms with Crippen LogP contribution in [0.1, 0.15) is 19.9 Å². The minimum Gasteiger partial charge on any atom is -0.464 e. The van der Waals surface area contributed by atoms with Crippen molar-refractivity contribution in [3.8, 4) is 11.3 Å². The molecule has 6 nitrogen and oxygen atoms in total. The molecule has 0 aliphatic rings. The number of pyridine rings is 1. The Balaban J connectivity index is 2.35. The first kappa shape index (κ1) is 13.1. The summed E-state index contributed by atoms with van der Waals surface area (Å²) in [7, 11) is 0. The number of nitrogens with two attached hydrogens (primary N) is 1. The zero-order valence-electron chi connectivity index (χ0n) is 10.9. The van der Waals surface area contributed by atoms with Gasteiger partial charge in [-0.25, -0.2) is 14.8 Å². The third kappa shape index (κ3) is 2.73. The maximum absolute atomic E-state index is 11.8. The normalized spacial score (nSPS) is 12.1. The minimum absolute atomic E-state index is 0.288. The largest absolute Gasteiger partial charge is 0.464 e. The molecule has 0 fully saturated rings. The number of anilines is 1. The summed E-state index contributed by atoms with van der Waals surface area (Å²) in [5, 5.41) is 0. The van der Waals surface area contributed by atoms with E-state index in [9.17, 15) is 4.79 Å². The van der Waals surface area contributed by atoms with Crippen molar-refractivity contribution in [3.05, 3.63) is 30.9 Å². The Morgan fingerprint density at radius 2 is 2.37 bits per heavy atom. The van der Waals surface area contributed by atoms with Crippen LogP contribution in [0.3, 0.4) is 0 Å². The molecule has 2 aromatic rings. The molecule has 0 saturated heterocycles. The van der Waals surface area contributed by atoms with Crippen molar-refractivity contribution in [2.75, 3.05) is 12.3 Å². The van der Waals surface area contributed by atoms with Gasteiger partial charge in [0, 0.05) is 11.8 Å². The van der Waals surface area contributed by atoms with Gasteiger partial charge in [0.2, 0.25) is 0 Å². The summed E-state index contributed by atoms with van der Waals surface area (Å²) in [6.45, 7) is 3.91. The van der Waals surface area contributed by atoms with Crippen LogP contribution in [0.25, 0.3) is 11.3 Å². The second-order valence-corrected chi connectivity index (χ2v) is 4.08. The first-order chi connectivity index (χ1) is 9.13. The van der Waals surface area contributed by atoms with E-state index in [4.69, 9.17) is 10.5 Å². The Labute approximate surface area is 111 Å². The van der Waals surface area contributed by atoms with Crippen LogP contribution < -0.4 is 5.73 Å². The Morgan fingerprint density at radius 3 is 3.05 bits per heavy atom. The Kier molecular flexibility index (Phi) is 3.79. The van der Waals surface area contributed by atoms with Gasteiger partial charge >= 0.3 is 5.97 Å². The van der Waals surface area contributed by atoms with E-state index < -0.39 is 6.04 Å². The fourth-order valence-electron chi connectivity index (χ4n) is 1.82. The number of imidazole rings is 1. The van der Waals surface area contributed by atoms with Crippen molar-refractivity contribution in [1.29, 1.82) is 0 Å². The molecule has 6 heteroatoms. The zero-order valence-corrected chi connectivity index (χ0v) is 10.9. The minimum atomic E-state index is -0.438. The molecular weight excluding hydrogens is 244 g/mol. The number of rotatable bonds is 4. The molecule has 2 N–H and O–H groups in total. The Hall–Kier alpha value is -2.37. The van der Waals surface area contributed by atoms with E-state index in [-0.39, 0.29) is 5.97 Å². The van der Waals surface area contributed by atoms with Gasteiger partial charge in [0.1, 0.15) is 11.9 Å². The van der Waals surface area contributed by atoms with Crippen LogP contribution in [0.2, 0.25) is 0 Å². The maximum Gasteiger partial charge on any atom is 0.328 e. The van der Waals surface area contributed by atoms with Crippen molar-refractivity contribution in [3.63, 3.8) is 0 Å². The van der Waals surface area contributed by atoms with E-state index in [1.165, 1.54) is 0 Å². The molecule has 100 valence electrons. The molecule has 1 unspecified atom stereocenters. The molecule has 0 amide bonds. The standard InChI is InChI=1S/C13H16N4O2/c1-3-19-13(18)9(2)17-8-15-7-11(17)10-4-5-16-12(14)6-10/h4-9H,3H2,1-2H3,(H2,14,16). The first-order valence-corrected chi connectivity index (χ1v) is 6.03. The second-order valence-electron chi connectivity index (χ2n) is 4.08. The van der Waals surface area contributed by atoms with Gasteiger partial charge in [-0.1, -0.05) is 0 Å². The third-order valence-electron chi connectivity index (χ3n) is 2.79. The van der Waals surface area contributed by atoms with Crippen LogP contribution in [-0.4, -0.2) is 27.1 Å². The molecular formula is C13H16N4O2. The topological polar surface area (TPSA) is 83.0 Å². The maximum atomic E-state index is 11.8. The molecule has 2 rings (SSSR count). The molecule has 0 aromatic carbocycles. The lowest BCUT2D eigenvalue weighted by Gasteiger charge is -2.15. The quantitative estimate of drug-likeness (QED) is 0.845. The number of hydrogen-bond donors (Lipinski definition) is 1. The van der Waals surface area contributed by atoms with Crippen molar-refractivity contribution < 1.29 is 9.53 Å². The average molecular weight is 260 g/mol. The van der Waals surface area contributed by atoms with Gasteiger partial charge in [0.25, 0.3) is 0 Å². The fourth-order valence-corrected chi connectivity index (χ4v) is 1.82. The van der Waals surface area contributed by atoms with Gasteiger partial charge in [-0.15, -0.1) is 0 Å². The van der Waals surface area contributed by atoms with E-state index in [0.29, 0.717) is 12.4 Å². The molecule has 2 aromatic heterocycles. The molecule has 0 aliphatic heterocycles. The predicted molar refractivity (Wildman–Crippen MR) is 71.2 cm³/mol. The lowest BCUT2D eigenvalue weighted by molar-refractivity contribution is -0.146. The summed E-state index contributed by atoms with van der Waals surface area (Å²) < 4.78 is 6.77. The van der Waals surface area contributed by atoms with Crippen molar-refractivity contribution >= 4 is 11.8 Å². The number of esters is 1. The third-order valence-corrected chi connectivity index (χ3v) is 2.79. The van der Waals surface area contributed by atoms with E-state index in [1.807, 2.05) is 6.07 Å². The van der Waals surface area contributed by atoms with E-state index in [1.54, 1.807) is 43.2 Å².